The molecule has 1 saturated heterocycles. The zero-order valence-corrected chi connectivity index (χ0v) is 19.4. The molecule has 2 aromatic carbocycles. The van der Waals surface area contributed by atoms with Crippen molar-refractivity contribution in [3.63, 3.8) is 0 Å². The maximum Gasteiger partial charge on any atom is 0.251 e. The van der Waals surface area contributed by atoms with Gasteiger partial charge in [0.1, 0.15) is 0 Å². The normalized spacial score (nSPS) is 14.5. The van der Waals surface area contributed by atoms with Crippen LogP contribution in [0.5, 0.6) is 0 Å². The molecule has 3 aromatic rings. The highest BCUT2D eigenvalue weighted by Gasteiger charge is 2.17. The molecule has 0 saturated carbocycles. The van der Waals surface area contributed by atoms with Gasteiger partial charge < -0.3 is 5.32 Å². The Morgan fingerprint density at radius 3 is 2.47 bits per heavy atom. The van der Waals surface area contributed by atoms with E-state index in [9.17, 15) is 13.2 Å². The van der Waals surface area contributed by atoms with E-state index in [1.807, 2.05) is 35.7 Å². The van der Waals surface area contributed by atoms with Gasteiger partial charge in [-0.05, 0) is 66.7 Å². The largest absolute Gasteiger partial charge is 0.348 e. The third-order valence-electron chi connectivity index (χ3n) is 5.57. The number of nitrogens with zero attached hydrogens (tertiary/aromatic N) is 1. The predicted molar refractivity (Wildman–Crippen MR) is 127 cm³/mol. The average molecular weight is 470 g/mol. The highest BCUT2D eigenvalue weighted by Crippen LogP contribution is 2.17. The lowest BCUT2D eigenvalue weighted by molar-refractivity contribution is 0.0950. The van der Waals surface area contributed by atoms with Crippen molar-refractivity contribution in [3.05, 3.63) is 87.6 Å². The number of hydrogen-bond acceptors (Lipinski definition) is 5. The molecule has 4 rings (SSSR count). The number of thiophene rings is 1. The smallest absolute Gasteiger partial charge is 0.251 e. The Kier molecular flexibility index (Phi) is 7.36. The van der Waals surface area contributed by atoms with E-state index in [1.165, 1.54) is 41.9 Å². The number of benzene rings is 2. The molecule has 2 N–H and O–H groups in total. The summed E-state index contributed by atoms with van der Waals surface area (Å²) in [6, 6.07) is 18.0. The number of rotatable bonds is 9. The molecule has 1 fully saturated rings. The first-order valence-corrected chi connectivity index (χ1v) is 13.1. The van der Waals surface area contributed by atoms with E-state index in [-0.39, 0.29) is 17.3 Å². The minimum absolute atomic E-state index is 0.0798. The average Bonchev–Trinajstić information content (AvgIpc) is 3.51. The van der Waals surface area contributed by atoms with Crippen molar-refractivity contribution in [3.8, 4) is 0 Å². The lowest BCUT2D eigenvalue weighted by Crippen LogP contribution is -2.26. The van der Waals surface area contributed by atoms with Crippen molar-refractivity contribution >= 4 is 27.3 Å². The van der Waals surface area contributed by atoms with Gasteiger partial charge in [0.15, 0.2) is 0 Å². The molecule has 1 aliphatic rings. The minimum atomic E-state index is -3.71. The summed E-state index contributed by atoms with van der Waals surface area (Å²) in [7, 11) is -3.71. The SMILES string of the molecule is O=C(NCc1ccccc1CN1CCCC1)c1cccc(S(=O)(=O)NCc2cccs2)c1. The van der Waals surface area contributed by atoms with Gasteiger partial charge in [-0.15, -0.1) is 11.3 Å². The van der Waals surface area contributed by atoms with Gasteiger partial charge in [-0.1, -0.05) is 36.4 Å². The monoisotopic (exact) mass is 469 g/mol. The van der Waals surface area contributed by atoms with Crippen LogP contribution in [0, 0.1) is 0 Å². The van der Waals surface area contributed by atoms with Crippen molar-refractivity contribution < 1.29 is 13.2 Å². The number of likely N-dealkylation sites (tertiary alicyclic amines) is 1. The maximum absolute atomic E-state index is 12.8. The number of sulfonamides is 1. The lowest BCUT2D eigenvalue weighted by atomic mass is 10.1. The maximum atomic E-state index is 12.8. The van der Waals surface area contributed by atoms with Gasteiger partial charge in [0.05, 0.1) is 4.90 Å². The Bertz CT molecular complexity index is 1150. The Morgan fingerprint density at radius 1 is 0.938 bits per heavy atom. The van der Waals surface area contributed by atoms with E-state index in [4.69, 9.17) is 0 Å². The van der Waals surface area contributed by atoms with Crippen LogP contribution < -0.4 is 10.0 Å². The van der Waals surface area contributed by atoms with Crippen LogP contribution in [0.1, 0.15) is 39.2 Å². The molecule has 6 nitrogen and oxygen atoms in total. The molecule has 32 heavy (non-hydrogen) atoms. The van der Waals surface area contributed by atoms with Crippen LogP contribution in [-0.2, 0) is 29.7 Å². The second-order valence-electron chi connectivity index (χ2n) is 7.87. The highest BCUT2D eigenvalue weighted by molar-refractivity contribution is 7.89. The number of amides is 1. The van der Waals surface area contributed by atoms with Gasteiger partial charge in [-0.25, -0.2) is 13.1 Å². The first-order chi connectivity index (χ1) is 15.5. The van der Waals surface area contributed by atoms with Gasteiger partial charge in [0.2, 0.25) is 10.0 Å². The van der Waals surface area contributed by atoms with Crippen LogP contribution in [0.15, 0.2) is 70.9 Å². The Morgan fingerprint density at radius 2 is 1.72 bits per heavy atom. The second kappa shape index (κ2) is 10.4. The molecular formula is C24H27N3O3S2. The fraction of sp³-hybridized carbons (Fsp3) is 0.292. The first-order valence-electron chi connectivity index (χ1n) is 10.7. The van der Waals surface area contributed by atoms with Crippen LogP contribution >= 0.6 is 11.3 Å². The zero-order chi connectivity index (χ0) is 22.4. The van der Waals surface area contributed by atoms with Crippen molar-refractivity contribution in [2.24, 2.45) is 0 Å². The summed E-state index contributed by atoms with van der Waals surface area (Å²) in [6.07, 6.45) is 2.47. The molecule has 0 atom stereocenters. The van der Waals surface area contributed by atoms with Crippen molar-refractivity contribution in [2.75, 3.05) is 13.1 Å². The van der Waals surface area contributed by atoms with E-state index in [0.29, 0.717) is 12.1 Å². The fourth-order valence-electron chi connectivity index (χ4n) is 3.81. The third-order valence-corrected chi connectivity index (χ3v) is 7.85. The number of carbonyl (C=O) groups is 1. The predicted octanol–water partition coefficient (Wildman–Crippen LogP) is 3.75. The second-order valence-corrected chi connectivity index (χ2v) is 10.7. The van der Waals surface area contributed by atoms with Crippen LogP contribution in [0.3, 0.4) is 0 Å². The van der Waals surface area contributed by atoms with Gasteiger partial charge in [-0.3, -0.25) is 9.69 Å². The summed E-state index contributed by atoms with van der Waals surface area (Å²) in [4.78, 5) is 16.2. The minimum Gasteiger partial charge on any atom is -0.348 e. The number of nitrogens with one attached hydrogen (secondary N) is 2. The first kappa shape index (κ1) is 22.7. The van der Waals surface area contributed by atoms with E-state index >= 15 is 0 Å². The summed E-state index contributed by atoms with van der Waals surface area (Å²) < 4.78 is 27.9. The Hall–Kier alpha value is -2.52. The van der Waals surface area contributed by atoms with E-state index in [1.54, 1.807) is 12.1 Å². The topological polar surface area (TPSA) is 78.5 Å². The molecule has 0 aliphatic carbocycles. The molecular weight excluding hydrogens is 442 g/mol. The molecule has 2 heterocycles. The summed E-state index contributed by atoms with van der Waals surface area (Å²) in [6.45, 7) is 3.74. The number of carbonyl (C=O) groups excluding carboxylic acids is 1. The third kappa shape index (κ3) is 5.83. The summed E-state index contributed by atoms with van der Waals surface area (Å²) in [5.41, 5.74) is 2.61. The van der Waals surface area contributed by atoms with Gasteiger partial charge in [0, 0.05) is 30.1 Å². The lowest BCUT2D eigenvalue weighted by Gasteiger charge is -2.17. The molecule has 1 amide bonds. The van der Waals surface area contributed by atoms with E-state index in [0.717, 1.165) is 30.1 Å². The Balaban J connectivity index is 1.40. The summed E-state index contributed by atoms with van der Waals surface area (Å²) in [5.74, 6) is -0.295. The van der Waals surface area contributed by atoms with E-state index < -0.39 is 10.0 Å². The van der Waals surface area contributed by atoms with Gasteiger partial charge in [0.25, 0.3) is 5.91 Å². The summed E-state index contributed by atoms with van der Waals surface area (Å²) >= 11 is 1.49. The molecule has 0 bridgehead atoms. The van der Waals surface area contributed by atoms with Crippen molar-refractivity contribution in [2.45, 2.75) is 37.4 Å². The molecule has 0 unspecified atom stereocenters. The van der Waals surface area contributed by atoms with Crippen LogP contribution in [0.2, 0.25) is 0 Å². The molecule has 1 aromatic heterocycles. The van der Waals surface area contributed by atoms with Crippen molar-refractivity contribution in [1.29, 1.82) is 0 Å². The quantitative estimate of drug-likeness (QED) is 0.500. The standard InChI is InChI=1S/C24H27N3O3S2/c28-24(25-16-20-7-1-2-8-21(20)18-27-12-3-4-13-27)19-9-5-11-23(15-19)32(29,30)26-17-22-10-6-14-31-22/h1-2,5-11,14-15,26H,3-4,12-13,16-18H2,(H,25,28). The van der Waals surface area contributed by atoms with Crippen LogP contribution in [-0.4, -0.2) is 32.3 Å². The molecule has 0 radical (unpaired) electrons. The molecule has 8 heteroatoms. The molecule has 0 spiro atoms. The molecule has 168 valence electrons. The summed E-state index contributed by atoms with van der Waals surface area (Å²) in [5, 5.41) is 4.84. The highest BCUT2D eigenvalue weighted by atomic mass is 32.2. The van der Waals surface area contributed by atoms with E-state index in [2.05, 4.69) is 21.0 Å². The zero-order valence-electron chi connectivity index (χ0n) is 17.8. The fourth-order valence-corrected chi connectivity index (χ4v) is 5.60. The van der Waals surface area contributed by atoms with Crippen LogP contribution in [0.25, 0.3) is 0 Å². The van der Waals surface area contributed by atoms with Gasteiger partial charge in [-0.2, -0.15) is 0 Å². The van der Waals surface area contributed by atoms with Gasteiger partial charge >= 0.3 is 0 Å². The molecule has 1 aliphatic heterocycles. The van der Waals surface area contributed by atoms with Crippen LogP contribution in [0.4, 0.5) is 0 Å². The Labute approximate surface area is 193 Å². The van der Waals surface area contributed by atoms with Crippen molar-refractivity contribution in [1.82, 2.24) is 14.9 Å². The number of hydrogen-bond donors (Lipinski definition) is 2.